The van der Waals surface area contributed by atoms with Crippen molar-refractivity contribution in [3.63, 3.8) is 0 Å². The second-order valence-corrected chi connectivity index (χ2v) is 10.2. The van der Waals surface area contributed by atoms with Gasteiger partial charge < -0.3 is 28.5 Å². The molecule has 0 spiro atoms. The summed E-state index contributed by atoms with van der Waals surface area (Å²) in [4.78, 5) is 23.4. The Bertz CT molecular complexity index is 1660. The fourth-order valence-corrected chi connectivity index (χ4v) is 5.54. The molecule has 0 aliphatic heterocycles. The smallest absolute Gasteiger partial charge is 0.336 e. The lowest BCUT2D eigenvalue weighted by Gasteiger charge is -2.45. The molecule has 38 heavy (non-hydrogen) atoms. The van der Waals surface area contributed by atoms with Crippen LogP contribution in [0.25, 0.3) is 21.9 Å². The van der Waals surface area contributed by atoms with E-state index in [1.54, 1.807) is 37.4 Å². The molecule has 2 N–H and O–H groups in total. The summed E-state index contributed by atoms with van der Waals surface area (Å²) in [5, 5.41) is 24.7. The average Bonchev–Trinajstić information content (AvgIpc) is 2.92. The van der Waals surface area contributed by atoms with Crippen LogP contribution in [0.1, 0.15) is 49.8 Å². The molecule has 0 saturated carbocycles. The highest BCUT2D eigenvalue weighted by molar-refractivity contribution is 5.80. The lowest BCUT2D eigenvalue weighted by atomic mass is 9.61. The number of rotatable bonds is 6. The van der Waals surface area contributed by atoms with Crippen LogP contribution in [0, 0.1) is 5.41 Å². The Morgan fingerprint density at radius 3 is 2.08 bits per heavy atom. The molecule has 198 valence electrons. The van der Waals surface area contributed by atoms with Crippen molar-refractivity contribution in [2.75, 3.05) is 14.2 Å². The molecule has 4 atom stereocenters. The maximum atomic E-state index is 11.8. The first kappa shape index (κ1) is 25.8. The van der Waals surface area contributed by atoms with E-state index in [2.05, 4.69) is 6.08 Å². The van der Waals surface area contributed by atoms with Gasteiger partial charge >= 0.3 is 11.3 Å². The highest BCUT2D eigenvalue weighted by Crippen LogP contribution is 2.53. The van der Waals surface area contributed by atoms with Crippen LogP contribution in [0.4, 0.5) is 0 Å². The number of aliphatic hydroxyl groups is 2. The summed E-state index contributed by atoms with van der Waals surface area (Å²) < 4.78 is 21.8. The molecule has 0 amide bonds. The molecular formula is C30H30O8. The summed E-state index contributed by atoms with van der Waals surface area (Å²) in [7, 11) is 3.01. The molecule has 1 aliphatic carbocycles. The van der Waals surface area contributed by atoms with Crippen LogP contribution in [0.5, 0.6) is 11.5 Å². The Hall–Kier alpha value is -3.88. The van der Waals surface area contributed by atoms with E-state index < -0.39 is 28.9 Å². The van der Waals surface area contributed by atoms with Crippen molar-refractivity contribution in [2.24, 2.45) is 5.41 Å². The minimum Gasteiger partial charge on any atom is -0.496 e. The minimum atomic E-state index is -1.30. The second-order valence-electron chi connectivity index (χ2n) is 10.2. The van der Waals surface area contributed by atoms with Crippen molar-refractivity contribution in [1.29, 1.82) is 0 Å². The van der Waals surface area contributed by atoms with Gasteiger partial charge in [0.2, 0.25) is 0 Å². The standard InChI is InChI=1S/C30H30O8/c1-16-9-10-30(2,21(11-16)19-12-17-5-7-26(31)37-22(17)14-24(19)35-3)29(34)28(33)20-13-18-6-8-27(32)38-23(18)15-25(20)36-4/h5-8,11-15,21,28-29,33-34H,9-10H2,1-4H3. The van der Waals surface area contributed by atoms with E-state index >= 15 is 0 Å². The molecule has 4 unspecified atom stereocenters. The van der Waals surface area contributed by atoms with Crippen LogP contribution in [-0.2, 0) is 0 Å². The molecule has 2 aromatic carbocycles. The topological polar surface area (TPSA) is 119 Å². The summed E-state index contributed by atoms with van der Waals surface area (Å²) in [5.41, 5.74) is 1.35. The molecule has 0 bridgehead atoms. The number of benzene rings is 2. The zero-order valence-corrected chi connectivity index (χ0v) is 21.7. The van der Waals surface area contributed by atoms with E-state index in [1.165, 1.54) is 19.2 Å². The molecule has 8 heteroatoms. The van der Waals surface area contributed by atoms with Crippen molar-refractivity contribution in [3.05, 3.63) is 92.1 Å². The van der Waals surface area contributed by atoms with E-state index in [0.29, 0.717) is 40.0 Å². The van der Waals surface area contributed by atoms with Crippen LogP contribution in [0.2, 0.25) is 0 Å². The molecule has 4 aromatic rings. The Kier molecular flexibility index (Phi) is 6.63. The first-order valence-electron chi connectivity index (χ1n) is 12.4. The maximum Gasteiger partial charge on any atom is 0.336 e. The van der Waals surface area contributed by atoms with Gasteiger partial charge in [-0.15, -0.1) is 0 Å². The minimum absolute atomic E-state index is 0.305. The molecule has 1 aliphatic rings. The summed E-state index contributed by atoms with van der Waals surface area (Å²) in [6.45, 7) is 4.00. The Labute approximate surface area is 218 Å². The van der Waals surface area contributed by atoms with Gasteiger partial charge in [-0.25, -0.2) is 9.59 Å². The largest absolute Gasteiger partial charge is 0.496 e. The molecule has 5 rings (SSSR count). The zero-order valence-electron chi connectivity index (χ0n) is 21.7. The molecule has 2 heterocycles. The Morgan fingerprint density at radius 2 is 1.47 bits per heavy atom. The number of hydrogen-bond acceptors (Lipinski definition) is 8. The summed E-state index contributed by atoms with van der Waals surface area (Å²) >= 11 is 0. The Balaban J connectivity index is 1.62. The number of fused-ring (bicyclic) bond motifs is 2. The number of aliphatic hydroxyl groups excluding tert-OH is 2. The summed E-state index contributed by atoms with van der Waals surface area (Å²) in [6.07, 6.45) is 0.961. The predicted octanol–water partition coefficient (Wildman–Crippen LogP) is 4.84. The van der Waals surface area contributed by atoms with Crippen LogP contribution in [0.15, 0.2) is 78.6 Å². The summed E-state index contributed by atoms with van der Waals surface area (Å²) in [5.74, 6) is 0.505. The second kappa shape index (κ2) is 9.78. The number of allylic oxidation sites excluding steroid dienone is 2. The van der Waals surface area contributed by atoms with E-state index in [1.807, 2.05) is 19.9 Å². The van der Waals surface area contributed by atoms with E-state index in [4.69, 9.17) is 18.3 Å². The number of methoxy groups -OCH3 is 2. The quantitative estimate of drug-likeness (QED) is 0.275. The number of hydrogen-bond donors (Lipinski definition) is 2. The highest BCUT2D eigenvalue weighted by Gasteiger charge is 2.47. The van der Waals surface area contributed by atoms with Crippen LogP contribution >= 0.6 is 0 Å². The van der Waals surface area contributed by atoms with E-state index in [0.717, 1.165) is 22.9 Å². The van der Waals surface area contributed by atoms with Crippen LogP contribution < -0.4 is 20.7 Å². The van der Waals surface area contributed by atoms with E-state index in [-0.39, 0.29) is 5.92 Å². The molecule has 2 aromatic heterocycles. The normalized spacial score (nSPS) is 21.2. The molecule has 0 fully saturated rings. The fourth-order valence-electron chi connectivity index (χ4n) is 5.54. The third-order valence-electron chi connectivity index (χ3n) is 7.79. The predicted molar refractivity (Wildman–Crippen MR) is 143 cm³/mol. The SMILES string of the molecule is COc1cc2oc(=O)ccc2cc1C(O)C(O)C1(C)CCC(C)=CC1c1cc2ccc(=O)oc2cc1OC. The van der Waals surface area contributed by atoms with Crippen molar-refractivity contribution < 1.29 is 28.5 Å². The van der Waals surface area contributed by atoms with Crippen molar-refractivity contribution in [2.45, 2.75) is 44.8 Å². The van der Waals surface area contributed by atoms with Gasteiger partial charge in [-0.05, 0) is 44.0 Å². The average molecular weight is 519 g/mol. The monoisotopic (exact) mass is 518 g/mol. The first-order chi connectivity index (χ1) is 18.1. The maximum absolute atomic E-state index is 11.8. The Morgan fingerprint density at radius 1 is 0.895 bits per heavy atom. The zero-order chi connectivity index (χ0) is 27.2. The fraction of sp³-hybridized carbons (Fsp3) is 0.333. The van der Waals surface area contributed by atoms with Gasteiger partial charge in [0.15, 0.2) is 0 Å². The van der Waals surface area contributed by atoms with Crippen molar-refractivity contribution >= 4 is 21.9 Å². The molecule has 0 radical (unpaired) electrons. The van der Waals surface area contributed by atoms with Crippen molar-refractivity contribution in [3.8, 4) is 11.5 Å². The third-order valence-corrected chi connectivity index (χ3v) is 7.79. The lowest BCUT2D eigenvalue weighted by Crippen LogP contribution is -2.43. The van der Waals surface area contributed by atoms with Gasteiger partial charge in [0.05, 0.1) is 20.3 Å². The van der Waals surface area contributed by atoms with Gasteiger partial charge in [0, 0.05) is 57.5 Å². The highest BCUT2D eigenvalue weighted by atomic mass is 16.5. The number of ether oxygens (including phenoxy) is 2. The van der Waals surface area contributed by atoms with Gasteiger partial charge in [-0.3, -0.25) is 0 Å². The van der Waals surface area contributed by atoms with Gasteiger partial charge in [-0.2, -0.15) is 0 Å². The summed E-state index contributed by atoms with van der Waals surface area (Å²) in [6, 6.07) is 12.8. The van der Waals surface area contributed by atoms with Crippen molar-refractivity contribution in [1.82, 2.24) is 0 Å². The van der Waals surface area contributed by atoms with Gasteiger partial charge in [0.25, 0.3) is 0 Å². The van der Waals surface area contributed by atoms with Gasteiger partial charge in [0.1, 0.15) is 28.8 Å². The lowest BCUT2D eigenvalue weighted by molar-refractivity contribution is -0.0728. The molecule has 0 saturated heterocycles. The van der Waals surface area contributed by atoms with Crippen LogP contribution in [-0.4, -0.2) is 30.5 Å². The van der Waals surface area contributed by atoms with Crippen LogP contribution in [0.3, 0.4) is 0 Å². The first-order valence-corrected chi connectivity index (χ1v) is 12.4. The van der Waals surface area contributed by atoms with Gasteiger partial charge in [-0.1, -0.05) is 18.6 Å². The molecule has 8 nitrogen and oxygen atoms in total. The van der Waals surface area contributed by atoms with E-state index in [9.17, 15) is 19.8 Å². The third kappa shape index (κ3) is 4.40. The molecular weight excluding hydrogens is 488 g/mol.